The van der Waals surface area contributed by atoms with Gasteiger partial charge in [-0.1, -0.05) is 12.1 Å². The van der Waals surface area contributed by atoms with Crippen LogP contribution in [0.1, 0.15) is 22.3 Å². The van der Waals surface area contributed by atoms with Gasteiger partial charge in [-0.2, -0.15) is 21.0 Å². The molecule has 4 aromatic rings. The van der Waals surface area contributed by atoms with Gasteiger partial charge < -0.3 is 11.5 Å². The third-order valence-electron chi connectivity index (χ3n) is 5.23. The van der Waals surface area contributed by atoms with Gasteiger partial charge in [-0.3, -0.25) is 9.97 Å². The molecule has 0 atom stereocenters. The van der Waals surface area contributed by atoms with Crippen molar-refractivity contribution < 1.29 is 0 Å². The summed E-state index contributed by atoms with van der Waals surface area (Å²) in [5, 5.41) is 39.8. The summed E-state index contributed by atoms with van der Waals surface area (Å²) >= 11 is 2.56. The van der Waals surface area contributed by atoms with Crippen LogP contribution in [0, 0.1) is 45.3 Å². The molecule has 0 amide bonds. The maximum atomic E-state index is 9.91. The molecule has 0 radical (unpaired) electrons. The van der Waals surface area contributed by atoms with Crippen molar-refractivity contribution in [3.8, 4) is 46.8 Å². The minimum absolute atomic E-state index is 0.00982. The van der Waals surface area contributed by atoms with E-state index in [2.05, 4.69) is 32.1 Å². The van der Waals surface area contributed by atoms with Gasteiger partial charge in [-0.05, 0) is 24.3 Å². The van der Waals surface area contributed by atoms with Crippen LogP contribution >= 0.6 is 23.5 Å². The molecule has 12 heteroatoms. The molecule has 10 nitrogen and oxygen atoms in total. The number of nitriles is 4. The maximum Gasteiger partial charge on any atom is 0.143 e. The quantitative estimate of drug-likeness (QED) is 0.255. The molecule has 0 unspecified atom stereocenters. The monoisotopic (exact) mass is 532 g/mol. The van der Waals surface area contributed by atoms with Crippen LogP contribution in [0.15, 0.2) is 58.8 Å². The van der Waals surface area contributed by atoms with Crippen molar-refractivity contribution in [1.29, 1.82) is 21.0 Å². The van der Waals surface area contributed by atoms with Gasteiger partial charge in [0.05, 0.1) is 22.5 Å². The molecule has 4 rings (SSSR count). The van der Waals surface area contributed by atoms with E-state index in [-0.39, 0.29) is 33.9 Å². The van der Waals surface area contributed by atoms with Crippen LogP contribution in [0.3, 0.4) is 0 Å². The second kappa shape index (κ2) is 11.7. The highest BCUT2D eigenvalue weighted by Gasteiger charge is 2.23. The van der Waals surface area contributed by atoms with E-state index in [0.717, 1.165) is 0 Å². The second-order valence-corrected chi connectivity index (χ2v) is 9.60. The van der Waals surface area contributed by atoms with Crippen LogP contribution in [0.25, 0.3) is 22.5 Å². The van der Waals surface area contributed by atoms with Crippen LogP contribution in [0.2, 0.25) is 0 Å². The Morgan fingerprint density at radius 2 is 1.00 bits per heavy atom. The molecule has 0 aromatic carbocycles. The van der Waals surface area contributed by atoms with Crippen molar-refractivity contribution in [2.24, 2.45) is 0 Å². The zero-order valence-corrected chi connectivity index (χ0v) is 21.2. The average molecular weight is 533 g/mol. The van der Waals surface area contributed by atoms with Gasteiger partial charge >= 0.3 is 0 Å². The van der Waals surface area contributed by atoms with Gasteiger partial charge in [0.2, 0.25) is 0 Å². The van der Waals surface area contributed by atoms with E-state index in [1.54, 1.807) is 48.8 Å². The molecule has 0 fully saturated rings. The molecule has 38 heavy (non-hydrogen) atoms. The molecule has 4 N–H and O–H groups in total. The first-order valence-electron chi connectivity index (χ1n) is 10.9. The fraction of sp³-hybridized carbons (Fsp3) is 0.0769. The lowest BCUT2D eigenvalue weighted by Crippen LogP contribution is -2.05. The lowest BCUT2D eigenvalue weighted by Gasteiger charge is -2.13. The first kappa shape index (κ1) is 25.9. The molecule has 0 aliphatic heterocycles. The average Bonchev–Trinajstić information content (AvgIpc) is 2.95. The van der Waals surface area contributed by atoms with Crippen molar-refractivity contribution >= 4 is 35.2 Å². The number of aromatic nitrogens is 4. The van der Waals surface area contributed by atoms with Gasteiger partial charge in [-0.15, -0.1) is 23.5 Å². The molecule has 0 aliphatic carbocycles. The minimum atomic E-state index is 0.00982. The molecule has 4 heterocycles. The molecule has 0 saturated carbocycles. The molecule has 0 saturated heterocycles. The van der Waals surface area contributed by atoms with Crippen LogP contribution in [0.4, 0.5) is 11.6 Å². The number of hydrogen-bond acceptors (Lipinski definition) is 12. The summed E-state index contributed by atoms with van der Waals surface area (Å²) in [4.78, 5) is 17.2. The lowest BCUT2D eigenvalue weighted by atomic mass is 10.0. The van der Waals surface area contributed by atoms with Gasteiger partial charge in [-0.25, -0.2) is 9.97 Å². The first-order valence-corrected chi connectivity index (χ1v) is 12.9. The van der Waals surface area contributed by atoms with Crippen LogP contribution in [-0.2, 0) is 0 Å². The Bertz CT molecular complexity index is 1550. The molecular weight excluding hydrogens is 516 g/mol. The molecule has 0 aliphatic rings. The molecule has 4 aromatic heterocycles. The number of thioether (sulfide) groups is 2. The summed E-state index contributed by atoms with van der Waals surface area (Å²) in [6, 6.07) is 18.7. The van der Waals surface area contributed by atoms with Crippen LogP contribution in [-0.4, -0.2) is 31.4 Å². The third-order valence-corrected chi connectivity index (χ3v) is 7.45. The Labute approximate surface area is 226 Å². The van der Waals surface area contributed by atoms with Crippen LogP contribution < -0.4 is 11.5 Å². The van der Waals surface area contributed by atoms with E-state index in [1.165, 1.54) is 23.5 Å². The zero-order chi connectivity index (χ0) is 27.1. The number of nitrogens with two attached hydrogens (primary N) is 2. The van der Waals surface area contributed by atoms with Gasteiger partial charge in [0.1, 0.15) is 57.1 Å². The minimum Gasteiger partial charge on any atom is -0.383 e. The highest BCUT2D eigenvalue weighted by molar-refractivity contribution is 8.03. The van der Waals surface area contributed by atoms with E-state index in [4.69, 9.17) is 11.5 Å². The summed E-state index contributed by atoms with van der Waals surface area (Å²) in [5.41, 5.74) is 14.3. The molecule has 182 valence electrons. The Balaban J connectivity index is 1.62. The molecular formula is C26H16N10S2. The predicted molar refractivity (Wildman–Crippen MR) is 144 cm³/mol. The highest BCUT2D eigenvalue weighted by Crippen LogP contribution is 2.37. The van der Waals surface area contributed by atoms with E-state index in [9.17, 15) is 21.0 Å². The summed E-state index contributed by atoms with van der Waals surface area (Å²) in [6.07, 6.45) is 3.14. The van der Waals surface area contributed by atoms with E-state index in [0.29, 0.717) is 44.1 Å². The van der Waals surface area contributed by atoms with Gasteiger partial charge in [0, 0.05) is 35.0 Å². The third kappa shape index (κ3) is 5.04. The maximum absolute atomic E-state index is 9.91. The number of nitrogen functional groups attached to an aromatic ring is 2. The molecule has 0 bridgehead atoms. The van der Waals surface area contributed by atoms with Crippen molar-refractivity contribution in [2.75, 3.05) is 23.0 Å². The zero-order valence-electron chi connectivity index (χ0n) is 19.6. The van der Waals surface area contributed by atoms with Gasteiger partial charge in [0.25, 0.3) is 0 Å². The number of nitrogens with zero attached hydrogens (tertiary/aromatic N) is 8. The van der Waals surface area contributed by atoms with Crippen molar-refractivity contribution in [1.82, 2.24) is 19.9 Å². The number of anilines is 2. The normalized spacial score (nSPS) is 10.1. The fourth-order valence-corrected chi connectivity index (χ4v) is 5.58. The SMILES string of the molecule is N#Cc1c(N)nc(SCCSc2nc(N)c(C#N)c(-c3ccccn3)c2C#N)c(C#N)c1-c1ccccn1. The smallest absolute Gasteiger partial charge is 0.143 e. The number of hydrogen-bond donors (Lipinski definition) is 2. The summed E-state index contributed by atoms with van der Waals surface area (Å²) in [7, 11) is 0. The first-order chi connectivity index (χ1) is 18.5. The topological polar surface area (TPSA) is 199 Å². The Morgan fingerprint density at radius 1 is 0.605 bits per heavy atom. The highest BCUT2D eigenvalue weighted by atomic mass is 32.2. The number of pyridine rings is 4. The standard InChI is InChI=1S/C26H16N10S2/c27-11-15-21(19-5-1-3-7-33-19)17(13-29)25(35-23(15)31)37-9-10-38-26-18(14-30)22(16(12-28)24(32)36-26)20-6-2-4-8-34-20/h1-8H,9-10H2,(H2,31,35)(H2,32,36). The Morgan fingerprint density at radius 3 is 1.32 bits per heavy atom. The van der Waals surface area contributed by atoms with Gasteiger partial charge in [0.15, 0.2) is 0 Å². The van der Waals surface area contributed by atoms with Crippen LogP contribution in [0.5, 0.6) is 0 Å². The Kier molecular flexibility index (Phi) is 8.01. The molecule has 0 spiro atoms. The van der Waals surface area contributed by atoms with E-state index in [1.807, 2.05) is 12.1 Å². The summed E-state index contributed by atoms with van der Waals surface area (Å²) < 4.78 is 0. The summed E-state index contributed by atoms with van der Waals surface area (Å²) in [5.74, 6) is 0.946. The van der Waals surface area contributed by atoms with E-state index < -0.39 is 0 Å². The van der Waals surface area contributed by atoms with Crippen molar-refractivity contribution in [2.45, 2.75) is 10.1 Å². The predicted octanol–water partition coefficient (Wildman–Crippen LogP) is 4.14. The Hall–Kier alpha value is -5.14. The lowest BCUT2D eigenvalue weighted by molar-refractivity contribution is 1.10. The second-order valence-electron chi connectivity index (χ2n) is 7.43. The largest absolute Gasteiger partial charge is 0.383 e. The number of rotatable bonds is 7. The van der Waals surface area contributed by atoms with Crippen molar-refractivity contribution in [3.63, 3.8) is 0 Å². The van der Waals surface area contributed by atoms with E-state index >= 15 is 0 Å². The fourth-order valence-electron chi connectivity index (χ4n) is 3.62. The van der Waals surface area contributed by atoms with Crippen molar-refractivity contribution in [3.05, 3.63) is 71.0 Å². The summed E-state index contributed by atoms with van der Waals surface area (Å²) in [6.45, 7) is 0.